The zero-order chi connectivity index (χ0) is 115. The number of nitrogens with zero attached hydrogens (tertiary/aromatic N) is 1. The second-order valence-corrected chi connectivity index (χ2v) is 59.9. The number of aliphatic hydroxyl groups is 2. The second kappa shape index (κ2) is 84.0. The summed E-state index contributed by atoms with van der Waals surface area (Å²) < 4.78 is 31.4. The van der Waals surface area contributed by atoms with Crippen molar-refractivity contribution in [3.8, 4) is 0 Å². The van der Waals surface area contributed by atoms with Crippen LogP contribution in [0.3, 0.4) is 0 Å². The number of aliphatic hydroxyl groups excluding tert-OH is 2. The van der Waals surface area contributed by atoms with Crippen LogP contribution >= 0.6 is 159 Å². The molecule has 0 spiro atoms. The van der Waals surface area contributed by atoms with Gasteiger partial charge in [-0.2, -0.15) is 0 Å². The highest BCUT2D eigenvalue weighted by Gasteiger charge is 2.34. The summed E-state index contributed by atoms with van der Waals surface area (Å²) in [6, 6.07) is 0. The minimum absolute atomic E-state index is 0.0323. The quantitative estimate of drug-likeness (QED) is 0.00968. The number of esters is 7. The van der Waals surface area contributed by atoms with Gasteiger partial charge in [0.15, 0.2) is 6.10 Å². The summed E-state index contributed by atoms with van der Waals surface area (Å²) in [5.41, 5.74) is 2.68. The lowest BCUT2D eigenvalue weighted by atomic mass is 9.86. The molecule has 1 aliphatic rings. The molecule has 5 atom stereocenters. The molecule has 146 heavy (non-hydrogen) atoms. The zero-order valence-corrected chi connectivity index (χ0v) is 107. The first kappa shape index (κ1) is 156. The normalized spacial score (nSPS) is 14.1. The number of carbonyl (C=O) groups excluding carboxylic acids is 11. The smallest absolute Gasteiger partial charge is 0.333 e. The van der Waals surface area contributed by atoms with E-state index in [0.717, 1.165) is 31.8 Å². The molecule has 3 N–H and O–H groups in total. The molecule has 1 rings (SSSR count). The Kier molecular flexibility index (Phi) is 89.5. The van der Waals surface area contributed by atoms with Gasteiger partial charge < -0.3 is 53.6 Å². The van der Waals surface area contributed by atoms with Gasteiger partial charge in [0, 0.05) is 108 Å². The van der Waals surface area contributed by atoms with Gasteiger partial charge in [-0.3, -0.25) is 24.0 Å². The topological polar surface area (TPSA) is 437 Å². The molecule has 0 aromatic carbocycles. The number of unbranched alkanes of at least 4 members (excludes halogenated alkanes) is 2. The van der Waals surface area contributed by atoms with E-state index in [2.05, 4.69) is 222 Å². The van der Waals surface area contributed by atoms with Crippen LogP contribution in [0.2, 0.25) is 0 Å². The van der Waals surface area contributed by atoms with Crippen molar-refractivity contribution in [1.82, 2.24) is 10.2 Å². The number of nitrogens with one attached hydrogen (secondary N) is 1. The Morgan fingerprint density at radius 2 is 0.726 bits per heavy atom. The average Bonchev–Trinajstić information content (AvgIpc) is 0.859. The van der Waals surface area contributed by atoms with Gasteiger partial charge in [-0.25, -0.2) is 97.2 Å². The van der Waals surface area contributed by atoms with E-state index in [-0.39, 0.29) is 131 Å². The molecule has 0 aromatic rings. The van der Waals surface area contributed by atoms with Gasteiger partial charge in [-0.05, 0) is 238 Å². The van der Waals surface area contributed by atoms with E-state index in [0.29, 0.717) is 151 Å². The van der Waals surface area contributed by atoms with Crippen LogP contribution in [-0.4, -0.2) is 293 Å². The van der Waals surface area contributed by atoms with Crippen molar-refractivity contribution >= 4 is 224 Å². The van der Waals surface area contributed by atoms with E-state index in [1.165, 1.54) is 6.92 Å². The summed E-state index contributed by atoms with van der Waals surface area (Å²) in [6.45, 7) is 82.8. The van der Waals surface area contributed by atoms with Gasteiger partial charge in [0.1, 0.15) is 67.7 Å². The molecule has 1 fully saturated rings. The molecule has 2 amide bonds. The van der Waals surface area contributed by atoms with Gasteiger partial charge in [-0.15, -0.1) is 0 Å². The van der Waals surface area contributed by atoms with E-state index in [9.17, 15) is 63.0 Å². The van der Waals surface area contributed by atoms with Gasteiger partial charge in [0.05, 0.1) is 101 Å². The van der Waals surface area contributed by atoms with Crippen molar-refractivity contribution in [3.05, 3.63) is 97.7 Å². The number of ketones is 2. The number of halogens is 10. The standard InChI is InChI=1S/C16H29Br2NO5.C15H26Br2O6.C15H25BrO5.C13H21BrO3.C11H19BrO5.C11H17BrO3.C10H18BrNO3.C9H13BrO4/c1-13(2)14(20)19(7-9-21-23-11-15(3,4)17)8-10-22-24-12-16(5,6)18;1-11(2)13(18)19-7-12(23-22-10-15(5,6)17)8-20-21-9-14(3,4)16;1-10(2)14(18)21-13-6-5-11(7-12(13)17)8-19-20-9-15(3,4)16;1-10(2)12(16)17-9-7-5-6-8-11(15)13(3,4)14;1-8(2)10(14)15-5-9(13)6-16-17-7-11(3,4)12;1-8(2)10(14)15-7-5-6-9(13)11(3,4)12;1-8(2)9(13)12-5-6-14-15-7-10(3,4)11;1-4-7(11)13-5-6-14-8(12)9(2,3)10/h1,7-12H2,2-6H3;12H,1,7-10H2,2-6H3;11-13,17H,1,5-9H2,2-4H3;1,5-9H2,2-4H3;9,13H,1,5-7H2,2-4H3;1,5-7H2,2-4H3;1,5-7H2,2-4H3,(H,12,13);4H,1,5-6H2,2-3H3. The Hall–Kier alpha value is -3.35. The molecule has 0 heterocycles. The minimum Gasteiger partial charge on any atom is -0.462 e. The zero-order valence-electron chi connectivity index (χ0n) is 90.7. The highest BCUT2D eigenvalue weighted by molar-refractivity contribution is 9.11. The fourth-order valence-electron chi connectivity index (χ4n) is 8.11. The molecule has 0 aliphatic heterocycles. The lowest BCUT2D eigenvalue weighted by Gasteiger charge is -2.32. The maximum atomic E-state index is 12.1. The minimum atomic E-state index is -0.920. The fourth-order valence-corrected chi connectivity index (χ4v) is 9.28. The van der Waals surface area contributed by atoms with Gasteiger partial charge >= 0.3 is 41.8 Å². The maximum Gasteiger partial charge on any atom is 0.333 e. The highest BCUT2D eigenvalue weighted by Crippen LogP contribution is 2.30. The summed E-state index contributed by atoms with van der Waals surface area (Å²) in [6.07, 6.45) is 4.41. The van der Waals surface area contributed by atoms with Crippen LogP contribution in [0.1, 0.15) is 245 Å². The number of amides is 2. The summed E-state index contributed by atoms with van der Waals surface area (Å²) in [5.74, 6) is -2.95. The van der Waals surface area contributed by atoms with Crippen molar-refractivity contribution in [3.63, 3.8) is 0 Å². The Morgan fingerprint density at radius 3 is 1.10 bits per heavy atom. The van der Waals surface area contributed by atoms with Crippen molar-refractivity contribution in [2.75, 3.05) is 145 Å². The van der Waals surface area contributed by atoms with Crippen LogP contribution in [0, 0.1) is 5.92 Å². The molecule has 46 heteroatoms. The molecule has 1 aliphatic carbocycles. The predicted octanol–water partition coefficient (Wildman–Crippen LogP) is 21.0. The molecular weight excluding hydrogens is 2570 g/mol. The molecule has 0 bridgehead atoms. The highest BCUT2D eigenvalue weighted by atomic mass is 79.9. The lowest BCUT2D eigenvalue weighted by molar-refractivity contribution is -0.371. The molecule has 0 radical (unpaired) electrons. The molecule has 0 aromatic heterocycles. The summed E-state index contributed by atoms with van der Waals surface area (Å²) >= 11 is 33.7. The lowest BCUT2D eigenvalue weighted by Crippen LogP contribution is -2.38. The van der Waals surface area contributed by atoms with E-state index < -0.39 is 73.2 Å². The number of carbonyl (C=O) groups is 11. The van der Waals surface area contributed by atoms with Crippen molar-refractivity contribution in [2.45, 2.75) is 312 Å². The summed E-state index contributed by atoms with van der Waals surface area (Å²) in [7, 11) is 0. The number of hydrogen-bond donors (Lipinski definition) is 3. The van der Waals surface area contributed by atoms with Crippen LogP contribution < -0.4 is 5.32 Å². The molecule has 0 saturated heterocycles. The molecule has 1 saturated carbocycles. The SMILES string of the molecule is C=C(C)C(=O)N(CCOOCC(C)(C)Br)CCOOCC(C)(C)Br.C=C(C)C(=O)NCCOOCC(C)(C)Br.C=C(C)C(=O)OC1CCC(COOCC(C)(C)Br)CC1O.C=C(C)C(=O)OCC(COOCC(C)(C)Br)OOCC(C)(C)Br.C=C(C)C(=O)OCC(O)COOCC(C)(C)Br.C=C(C)C(=O)OCCCC(=O)C(C)(C)Br.C=C(C)C(=O)OCCCCCC(=O)C(C)(C)Br.C=CC(=O)OCCOC(=O)C(C)(C)Br. The van der Waals surface area contributed by atoms with Gasteiger partial charge in [-0.1, -0.05) is 212 Å². The molecule has 852 valence electrons. The number of rotatable bonds is 66. The third-order valence-corrected chi connectivity index (χ3v) is 18.8. The predicted molar refractivity (Wildman–Crippen MR) is 598 cm³/mol. The number of Topliss-reactive ketones (excluding diaryl/α,β-unsaturated/α-hetero) is 2. The van der Waals surface area contributed by atoms with E-state index in [4.69, 9.17) is 96.8 Å². The third kappa shape index (κ3) is 110. The first-order valence-corrected chi connectivity index (χ1v) is 54.5. The van der Waals surface area contributed by atoms with Crippen LogP contribution in [-0.2, 0) is 154 Å². The average molecular weight is 2740 g/mol. The maximum absolute atomic E-state index is 12.1. The Bertz CT molecular complexity index is 3820. The Balaban J connectivity index is -0.000000305. The van der Waals surface area contributed by atoms with E-state index in [1.54, 1.807) is 74.1 Å². The number of ether oxygens (including phenoxy) is 7. The van der Waals surface area contributed by atoms with Gasteiger partial charge in [0.25, 0.3) is 0 Å². The van der Waals surface area contributed by atoms with Crippen LogP contribution in [0.25, 0.3) is 0 Å². The van der Waals surface area contributed by atoms with Crippen LogP contribution in [0.15, 0.2) is 97.7 Å². The summed E-state index contributed by atoms with van der Waals surface area (Å²) in [4.78, 5) is 196. The Morgan fingerprint density at radius 1 is 0.370 bits per heavy atom. The fraction of sp³-hybridized carbons (Fsp3) is 0.730. The van der Waals surface area contributed by atoms with E-state index in [1.807, 2.05) is 111 Å². The van der Waals surface area contributed by atoms with E-state index >= 15 is 0 Å². The monoisotopic (exact) mass is 2730 g/mol. The second-order valence-electron chi connectivity index (χ2n) is 38.9. The van der Waals surface area contributed by atoms with Crippen molar-refractivity contribution in [1.29, 1.82) is 0 Å². The first-order valence-electron chi connectivity index (χ1n) is 46.5. The van der Waals surface area contributed by atoms with Crippen LogP contribution in [0.4, 0.5) is 0 Å². The largest absolute Gasteiger partial charge is 0.462 e. The third-order valence-electron chi connectivity index (χ3n) is 16.0. The molecule has 5 unspecified atom stereocenters. The van der Waals surface area contributed by atoms with Crippen molar-refractivity contribution < 1.29 is 165 Å². The van der Waals surface area contributed by atoms with Gasteiger partial charge in [0.2, 0.25) is 11.8 Å². The molecular formula is C100H168Br10N2O34. The van der Waals surface area contributed by atoms with Crippen molar-refractivity contribution in [2.24, 2.45) is 5.92 Å². The Labute approximate surface area is 952 Å². The first-order chi connectivity index (χ1) is 66.4. The van der Waals surface area contributed by atoms with Crippen LogP contribution in [0.5, 0.6) is 0 Å². The number of alkyl halides is 10. The summed E-state index contributed by atoms with van der Waals surface area (Å²) in [5, 5.41) is 22.1. The number of hydrogen-bond acceptors (Lipinski definition) is 34. The molecule has 36 nitrogen and oxygen atoms in total.